The molecule has 1 unspecified atom stereocenters. The predicted octanol–water partition coefficient (Wildman–Crippen LogP) is 2.96. The van der Waals surface area contributed by atoms with E-state index in [1.807, 2.05) is 24.3 Å². The first-order chi connectivity index (χ1) is 6.72. The highest BCUT2D eigenvalue weighted by Crippen LogP contribution is 2.17. The van der Waals surface area contributed by atoms with Crippen LogP contribution in [-0.2, 0) is 0 Å². The van der Waals surface area contributed by atoms with E-state index in [0.717, 1.165) is 23.1 Å². The Kier molecular flexibility index (Phi) is 4.98. The molecule has 0 bridgehead atoms. The second-order valence-corrected chi connectivity index (χ2v) is 4.18. The molecule has 2 N–H and O–H groups in total. The van der Waals surface area contributed by atoms with Crippen molar-refractivity contribution in [2.45, 2.75) is 25.8 Å². The van der Waals surface area contributed by atoms with Gasteiger partial charge in [0.15, 0.2) is 0 Å². The fourth-order valence-corrected chi connectivity index (χ4v) is 1.47. The van der Waals surface area contributed by atoms with Crippen molar-refractivity contribution < 1.29 is 4.74 Å². The molecule has 0 aliphatic rings. The number of hydrogen-bond acceptors (Lipinski definition) is 2. The van der Waals surface area contributed by atoms with Crippen molar-refractivity contribution in [1.29, 1.82) is 0 Å². The summed E-state index contributed by atoms with van der Waals surface area (Å²) in [5, 5.41) is 0. The van der Waals surface area contributed by atoms with Crippen molar-refractivity contribution in [1.82, 2.24) is 0 Å². The van der Waals surface area contributed by atoms with Crippen LogP contribution in [0.2, 0.25) is 0 Å². The Morgan fingerprint density at radius 2 is 2.29 bits per heavy atom. The van der Waals surface area contributed by atoms with Crippen molar-refractivity contribution in [3.05, 3.63) is 28.7 Å². The fraction of sp³-hybridized carbons (Fsp3) is 0.455. The van der Waals surface area contributed by atoms with Gasteiger partial charge in [0.2, 0.25) is 0 Å². The molecule has 0 amide bonds. The van der Waals surface area contributed by atoms with Gasteiger partial charge in [-0.3, -0.25) is 0 Å². The van der Waals surface area contributed by atoms with E-state index in [4.69, 9.17) is 10.5 Å². The molecule has 0 fully saturated rings. The number of ether oxygens (including phenoxy) is 1. The number of halogens is 1. The Morgan fingerprint density at radius 3 is 2.93 bits per heavy atom. The third-order valence-electron chi connectivity index (χ3n) is 2.08. The highest BCUT2D eigenvalue weighted by Gasteiger charge is 1.99. The van der Waals surface area contributed by atoms with E-state index in [1.165, 1.54) is 0 Å². The standard InChI is InChI=1S/C11H16BrNO/c1-2-10(13)6-7-14-11-5-3-4-9(12)8-11/h3-5,8,10H,2,6-7,13H2,1H3. The molecule has 0 aromatic heterocycles. The van der Waals surface area contributed by atoms with Crippen molar-refractivity contribution in [3.8, 4) is 5.75 Å². The zero-order valence-corrected chi connectivity index (χ0v) is 9.96. The summed E-state index contributed by atoms with van der Waals surface area (Å²) in [6.07, 6.45) is 1.91. The van der Waals surface area contributed by atoms with E-state index >= 15 is 0 Å². The third kappa shape index (κ3) is 4.11. The van der Waals surface area contributed by atoms with Crippen LogP contribution in [0, 0.1) is 0 Å². The first-order valence-corrected chi connectivity index (χ1v) is 5.65. The summed E-state index contributed by atoms with van der Waals surface area (Å²) in [4.78, 5) is 0. The first-order valence-electron chi connectivity index (χ1n) is 4.86. The van der Waals surface area contributed by atoms with Crippen LogP contribution in [0.15, 0.2) is 28.7 Å². The normalized spacial score (nSPS) is 12.5. The molecule has 3 heteroatoms. The minimum Gasteiger partial charge on any atom is -0.493 e. The summed E-state index contributed by atoms with van der Waals surface area (Å²) in [6, 6.07) is 8.09. The lowest BCUT2D eigenvalue weighted by molar-refractivity contribution is 0.296. The highest BCUT2D eigenvalue weighted by molar-refractivity contribution is 9.10. The van der Waals surface area contributed by atoms with E-state index in [1.54, 1.807) is 0 Å². The number of benzene rings is 1. The van der Waals surface area contributed by atoms with Crippen LogP contribution in [0.3, 0.4) is 0 Å². The van der Waals surface area contributed by atoms with E-state index in [-0.39, 0.29) is 6.04 Å². The smallest absolute Gasteiger partial charge is 0.120 e. The summed E-state index contributed by atoms with van der Waals surface area (Å²) in [5.74, 6) is 0.891. The van der Waals surface area contributed by atoms with Gasteiger partial charge in [-0.1, -0.05) is 28.9 Å². The number of rotatable bonds is 5. The molecule has 78 valence electrons. The summed E-state index contributed by atoms with van der Waals surface area (Å²) in [5.41, 5.74) is 5.78. The van der Waals surface area contributed by atoms with Crippen molar-refractivity contribution in [3.63, 3.8) is 0 Å². The molecule has 1 rings (SSSR count). The average molecular weight is 258 g/mol. The molecule has 1 atom stereocenters. The van der Waals surface area contributed by atoms with Crippen LogP contribution in [-0.4, -0.2) is 12.6 Å². The molecular weight excluding hydrogens is 242 g/mol. The lowest BCUT2D eigenvalue weighted by atomic mass is 10.2. The molecule has 0 spiro atoms. The van der Waals surface area contributed by atoms with Crippen LogP contribution in [0.4, 0.5) is 0 Å². The Morgan fingerprint density at radius 1 is 1.50 bits per heavy atom. The third-order valence-corrected chi connectivity index (χ3v) is 2.57. The highest BCUT2D eigenvalue weighted by atomic mass is 79.9. The predicted molar refractivity (Wildman–Crippen MR) is 62.5 cm³/mol. The molecular formula is C11H16BrNO. The first kappa shape index (κ1) is 11.5. The van der Waals surface area contributed by atoms with Crippen LogP contribution >= 0.6 is 15.9 Å². The summed E-state index contributed by atoms with van der Waals surface area (Å²) >= 11 is 3.39. The quantitative estimate of drug-likeness (QED) is 0.881. The Balaban J connectivity index is 2.31. The van der Waals surface area contributed by atoms with Gasteiger partial charge in [0.1, 0.15) is 5.75 Å². The summed E-state index contributed by atoms with van der Waals surface area (Å²) in [7, 11) is 0. The number of nitrogens with two attached hydrogens (primary N) is 1. The van der Waals surface area contributed by atoms with Crippen molar-refractivity contribution >= 4 is 15.9 Å². The maximum Gasteiger partial charge on any atom is 0.120 e. The van der Waals surface area contributed by atoms with Crippen LogP contribution in [0.1, 0.15) is 19.8 Å². The molecule has 0 aliphatic carbocycles. The molecule has 0 aliphatic heterocycles. The van der Waals surface area contributed by atoms with Gasteiger partial charge < -0.3 is 10.5 Å². The van der Waals surface area contributed by atoms with Gasteiger partial charge in [-0.15, -0.1) is 0 Å². The summed E-state index contributed by atoms with van der Waals surface area (Å²) < 4.78 is 6.59. The zero-order valence-electron chi connectivity index (χ0n) is 8.37. The monoisotopic (exact) mass is 257 g/mol. The second-order valence-electron chi connectivity index (χ2n) is 3.26. The molecule has 1 aromatic carbocycles. The lowest BCUT2D eigenvalue weighted by Gasteiger charge is -2.10. The molecule has 0 saturated carbocycles. The molecule has 0 heterocycles. The maximum atomic E-state index is 5.78. The van der Waals surface area contributed by atoms with E-state index < -0.39 is 0 Å². The van der Waals surface area contributed by atoms with Crippen molar-refractivity contribution in [2.24, 2.45) is 5.73 Å². The minimum absolute atomic E-state index is 0.252. The van der Waals surface area contributed by atoms with E-state index in [2.05, 4.69) is 22.9 Å². The van der Waals surface area contributed by atoms with Crippen LogP contribution in [0.25, 0.3) is 0 Å². The Hall–Kier alpha value is -0.540. The lowest BCUT2D eigenvalue weighted by Crippen LogP contribution is -2.21. The zero-order chi connectivity index (χ0) is 10.4. The van der Waals surface area contributed by atoms with Crippen molar-refractivity contribution in [2.75, 3.05) is 6.61 Å². The molecule has 0 saturated heterocycles. The van der Waals surface area contributed by atoms with Gasteiger partial charge in [0.25, 0.3) is 0 Å². The SMILES string of the molecule is CCC(N)CCOc1cccc(Br)c1. The fourth-order valence-electron chi connectivity index (χ4n) is 1.09. The van der Waals surface area contributed by atoms with Gasteiger partial charge in [-0.2, -0.15) is 0 Å². The van der Waals surface area contributed by atoms with Gasteiger partial charge in [-0.05, 0) is 31.0 Å². The number of hydrogen-bond donors (Lipinski definition) is 1. The Bertz CT molecular complexity index is 278. The maximum absolute atomic E-state index is 5.78. The second kappa shape index (κ2) is 6.04. The minimum atomic E-state index is 0.252. The Labute approximate surface area is 93.6 Å². The van der Waals surface area contributed by atoms with Gasteiger partial charge in [0.05, 0.1) is 6.61 Å². The van der Waals surface area contributed by atoms with E-state index in [0.29, 0.717) is 6.61 Å². The summed E-state index contributed by atoms with van der Waals surface area (Å²) in [6.45, 7) is 2.77. The molecule has 0 radical (unpaired) electrons. The molecule has 2 nitrogen and oxygen atoms in total. The van der Waals surface area contributed by atoms with Gasteiger partial charge in [-0.25, -0.2) is 0 Å². The average Bonchev–Trinajstić information content (AvgIpc) is 2.17. The van der Waals surface area contributed by atoms with E-state index in [9.17, 15) is 0 Å². The van der Waals surface area contributed by atoms with Crippen LogP contribution in [0.5, 0.6) is 5.75 Å². The molecule has 1 aromatic rings. The molecule has 14 heavy (non-hydrogen) atoms. The van der Waals surface area contributed by atoms with Gasteiger partial charge >= 0.3 is 0 Å². The van der Waals surface area contributed by atoms with Crippen LogP contribution < -0.4 is 10.5 Å². The van der Waals surface area contributed by atoms with Gasteiger partial charge in [0, 0.05) is 10.5 Å². The largest absolute Gasteiger partial charge is 0.493 e. The topological polar surface area (TPSA) is 35.2 Å².